The molecule has 0 bridgehead atoms. The van der Waals surface area contributed by atoms with Gasteiger partial charge in [0.05, 0.1) is 10.7 Å². The number of carbonyl (C=O) groups excluding carboxylic acids is 1. The van der Waals surface area contributed by atoms with Crippen LogP contribution < -0.4 is 10.0 Å². The van der Waals surface area contributed by atoms with Crippen LogP contribution in [0.25, 0.3) is 0 Å². The molecule has 1 heterocycles. The van der Waals surface area contributed by atoms with E-state index in [1.165, 1.54) is 18.2 Å². The Hall–Kier alpha value is -2.20. The molecule has 0 radical (unpaired) electrons. The first-order chi connectivity index (χ1) is 12.8. The molecule has 3 rings (SSSR count). The fourth-order valence-electron chi connectivity index (χ4n) is 2.13. The van der Waals surface area contributed by atoms with E-state index >= 15 is 0 Å². The fraction of sp³-hybridized carbons (Fsp3) is 0.0625. The first kappa shape index (κ1) is 19.6. The maximum Gasteiger partial charge on any atom is 0.291 e. The molecule has 0 spiro atoms. The minimum Gasteiger partial charge on any atom is -0.296 e. The fourth-order valence-corrected chi connectivity index (χ4v) is 4.49. The summed E-state index contributed by atoms with van der Waals surface area (Å²) < 4.78 is 26.9. The normalized spacial score (nSPS) is 11.2. The lowest BCUT2D eigenvalue weighted by Crippen LogP contribution is -2.13. The second-order valence-electron chi connectivity index (χ2n) is 5.37. The van der Waals surface area contributed by atoms with Gasteiger partial charge in [-0.25, -0.2) is 0 Å². The third-order valence-corrected chi connectivity index (χ3v) is 6.56. The topological polar surface area (TPSA) is 101 Å². The Morgan fingerprint density at radius 3 is 2.59 bits per heavy atom. The number of aryl methyl sites for hydroxylation is 1. The molecule has 0 saturated heterocycles. The zero-order valence-electron chi connectivity index (χ0n) is 13.7. The maximum absolute atomic E-state index is 12.5. The van der Waals surface area contributed by atoms with Gasteiger partial charge in [0, 0.05) is 10.6 Å². The molecule has 27 heavy (non-hydrogen) atoms. The number of amides is 1. The standard InChI is InChI=1S/C16H12Cl2N4O3S2/c1-9-4-2-3-5-11(9)14(23)19-15-20-21-16(26-15)27(24,25)22-13-8-10(17)6-7-12(13)18/h2-8,22H,1H3,(H,19,20,23). The molecular weight excluding hydrogens is 431 g/mol. The molecular formula is C16H12Cl2N4O3S2. The van der Waals surface area contributed by atoms with Gasteiger partial charge >= 0.3 is 0 Å². The van der Waals surface area contributed by atoms with Crippen molar-refractivity contribution in [3.8, 4) is 0 Å². The quantitative estimate of drug-likeness (QED) is 0.576. The van der Waals surface area contributed by atoms with Gasteiger partial charge in [0.2, 0.25) is 5.13 Å². The zero-order valence-corrected chi connectivity index (χ0v) is 16.9. The molecule has 3 aromatic rings. The van der Waals surface area contributed by atoms with Gasteiger partial charge in [0.25, 0.3) is 20.3 Å². The van der Waals surface area contributed by atoms with E-state index in [1.54, 1.807) is 25.1 Å². The Kier molecular flexibility index (Phi) is 5.66. The van der Waals surface area contributed by atoms with Crippen LogP contribution in [0.15, 0.2) is 46.8 Å². The van der Waals surface area contributed by atoms with Gasteiger partial charge in [-0.15, -0.1) is 10.2 Å². The van der Waals surface area contributed by atoms with E-state index < -0.39 is 15.9 Å². The average molecular weight is 443 g/mol. The van der Waals surface area contributed by atoms with Crippen LogP contribution in [0.4, 0.5) is 10.8 Å². The summed E-state index contributed by atoms with van der Waals surface area (Å²) in [5.41, 5.74) is 1.36. The summed E-state index contributed by atoms with van der Waals surface area (Å²) in [5, 5.41) is 10.4. The smallest absolute Gasteiger partial charge is 0.291 e. The van der Waals surface area contributed by atoms with Crippen LogP contribution in [-0.2, 0) is 10.0 Å². The van der Waals surface area contributed by atoms with Crippen LogP contribution in [0, 0.1) is 6.92 Å². The van der Waals surface area contributed by atoms with Gasteiger partial charge in [0.1, 0.15) is 0 Å². The molecule has 7 nitrogen and oxygen atoms in total. The van der Waals surface area contributed by atoms with Crippen molar-refractivity contribution in [3.05, 3.63) is 63.6 Å². The second-order valence-corrected chi connectivity index (χ2v) is 9.05. The number of anilines is 2. The van der Waals surface area contributed by atoms with Crippen LogP contribution in [-0.4, -0.2) is 24.5 Å². The van der Waals surface area contributed by atoms with Crippen molar-refractivity contribution in [2.75, 3.05) is 10.0 Å². The first-order valence-corrected chi connectivity index (χ1v) is 10.5. The first-order valence-electron chi connectivity index (χ1n) is 7.44. The number of benzene rings is 2. The Labute approximate surface area is 169 Å². The molecule has 0 fully saturated rings. The number of nitrogens with one attached hydrogen (secondary N) is 2. The lowest BCUT2D eigenvalue weighted by molar-refractivity contribution is 0.102. The van der Waals surface area contributed by atoms with Crippen molar-refractivity contribution in [1.82, 2.24) is 10.2 Å². The number of hydrogen-bond acceptors (Lipinski definition) is 6. The summed E-state index contributed by atoms with van der Waals surface area (Å²) in [5.74, 6) is -0.404. The monoisotopic (exact) mass is 442 g/mol. The van der Waals surface area contributed by atoms with Crippen LogP contribution in [0.1, 0.15) is 15.9 Å². The maximum atomic E-state index is 12.5. The number of hydrogen-bond donors (Lipinski definition) is 2. The van der Waals surface area contributed by atoms with Gasteiger partial charge in [-0.2, -0.15) is 8.42 Å². The Bertz CT molecular complexity index is 1120. The van der Waals surface area contributed by atoms with E-state index in [9.17, 15) is 13.2 Å². The highest BCUT2D eigenvalue weighted by Gasteiger charge is 2.22. The summed E-state index contributed by atoms with van der Waals surface area (Å²) in [7, 11) is -4.04. The summed E-state index contributed by atoms with van der Waals surface area (Å²) in [4.78, 5) is 12.3. The summed E-state index contributed by atoms with van der Waals surface area (Å²) in [6.45, 7) is 1.80. The highest BCUT2D eigenvalue weighted by molar-refractivity contribution is 7.94. The summed E-state index contributed by atoms with van der Waals surface area (Å²) in [6, 6.07) is 11.4. The Morgan fingerprint density at radius 2 is 1.85 bits per heavy atom. The highest BCUT2D eigenvalue weighted by Crippen LogP contribution is 2.29. The molecule has 0 aliphatic rings. The third-order valence-electron chi connectivity index (χ3n) is 3.42. The molecule has 1 aromatic heterocycles. The molecule has 0 aliphatic carbocycles. The van der Waals surface area contributed by atoms with E-state index in [1.807, 2.05) is 6.07 Å². The molecule has 0 atom stereocenters. The number of halogens is 2. The molecule has 0 unspecified atom stereocenters. The van der Waals surface area contributed by atoms with E-state index in [2.05, 4.69) is 20.2 Å². The molecule has 11 heteroatoms. The van der Waals surface area contributed by atoms with Crippen LogP contribution in [0.2, 0.25) is 10.0 Å². The largest absolute Gasteiger partial charge is 0.296 e. The SMILES string of the molecule is Cc1ccccc1C(=O)Nc1nnc(S(=O)(=O)Nc2cc(Cl)ccc2Cl)s1. The molecule has 2 N–H and O–H groups in total. The van der Waals surface area contributed by atoms with E-state index in [-0.39, 0.29) is 20.2 Å². The van der Waals surface area contributed by atoms with Crippen LogP contribution in [0.5, 0.6) is 0 Å². The molecule has 0 aliphatic heterocycles. The number of sulfonamides is 1. The number of aromatic nitrogens is 2. The van der Waals surface area contributed by atoms with Crippen molar-refractivity contribution < 1.29 is 13.2 Å². The Morgan fingerprint density at radius 1 is 1.11 bits per heavy atom. The summed E-state index contributed by atoms with van der Waals surface area (Å²) >= 11 is 12.5. The number of carbonyl (C=O) groups is 1. The van der Waals surface area contributed by atoms with Gasteiger partial charge in [-0.05, 0) is 36.8 Å². The van der Waals surface area contributed by atoms with Crippen molar-refractivity contribution in [3.63, 3.8) is 0 Å². The van der Waals surface area contributed by atoms with Crippen LogP contribution >= 0.6 is 34.5 Å². The van der Waals surface area contributed by atoms with Crippen molar-refractivity contribution in [2.45, 2.75) is 11.3 Å². The van der Waals surface area contributed by atoms with E-state index in [4.69, 9.17) is 23.2 Å². The molecule has 140 valence electrons. The van der Waals surface area contributed by atoms with Crippen molar-refractivity contribution >= 4 is 61.3 Å². The lowest BCUT2D eigenvalue weighted by Gasteiger charge is -2.07. The molecule has 1 amide bonds. The number of rotatable bonds is 5. The van der Waals surface area contributed by atoms with E-state index in [0.29, 0.717) is 10.6 Å². The van der Waals surface area contributed by atoms with Crippen molar-refractivity contribution in [1.29, 1.82) is 0 Å². The van der Waals surface area contributed by atoms with Crippen molar-refractivity contribution in [2.24, 2.45) is 0 Å². The average Bonchev–Trinajstić information content (AvgIpc) is 3.08. The van der Waals surface area contributed by atoms with E-state index in [0.717, 1.165) is 16.9 Å². The highest BCUT2D eigenvalue weighted by atomic mass is 35.5. The Balaban J connectivity index is 1.79. The summed E-state index contributed by atoms with van der Waals surface area (Å²) in [6.07, 6.45) is 0. The zero-order chi connectivity index (χ0) is 19.6. The van der Waals surface area contributed by atoms with Gasteiger partial charge < -0.3 is 0 Å². The molecule has 0 saturated carbocycles. The number of nitrogens with zero attached hydrogens (tertiary/aromatic N) is 2. The third kappa shape index (κ3) is 4.56. The van der Waals surface area contributed by atoms with Gasteiger partial charge in [-0.3, -0.25) is 14.8 Å². The minimum atomic E-state index is -4.04. The van der Waals surface area contributed by atoms with Crippen LogP contribution in [0.3, 0.4) is 0 Å². The molecule has 2 aromatic carbocycles. The minimum absolute atomic E-state index is 0.0563. The lowest BCUT2D eigenvalue weighted by atomic mass is 10.1. The van der Waals surface area contributed by atoms with Gasteiger partial charge in [0.15, 0.2) is 0 Å². The van der Waals surface area contributed by atoms with Gasteiger partial charge in [-0.1, -0.05) is 52.7 Å². The predicted octanol–water partition coefficient (Wildman–Crippen LogP) is 4.21. The predicted molar refractivity (Wildman–Crippen MR) is 106 cm³/mol. The second kappa shape index (κ2) is 7.81.